The third-order valence-corrected chi connectivity index (χ3v) is 6.15. The zero-order valence-corrected chi connectivity index (χ0v) is 17.7. The topological polar surface area (TPSA) is 60.8 Å². The van der Waals surface area contributed by atoms with Crippen LogP contribution >= 0.6 is 0 Å². The van der Waals surface area contributed by atoms with E-state index in [2.05, 4.69) is 37.9 Å². The Hall–Kier alpha value is -2.60. The highest BCUT2D eigenvalue weighted by molar-refractivity contribution is 5.89. The molecule has 1 aromatic heterocycles. The smallest absolute Gasteiger partial charge is 0.343 e. The Labute approximate surface area is 171 Å². The van der Waals surface area contributed by atoms with Crippen molar-refractivity contribution in [1.29, 1.82) is 0 Å². The number of fused-ring (bicyclic) bond motifs is 6. The van der Waals surface area contributed by atoms with Crippen molar-refractivity contribution in [2.75, 3.05) is 18.7 Å². The average molecular weight is 396 g/mol. The summed E-state index contributed by atoms with van der Waals surface area (Å²) in [5.74, 6) is -0.573. The molecule has 6 heteroatoms. The van der Waals surface area contributed by atoms with Crippen LogP contribution in [0.3, 0.4) is 0 Å². The number of methoxy groups -OCH3 is 1. The van der Waals surface area contributed by atoms with Crippen molar-refractivity contribution >= 4 is 5.97 Å². The summed E-state index contributed by atoms with van der Waals surface area (Å²) in [6.45, 7) is 9.00. The van der Waals surface area contributed by atoms with E-state index in [-0.39, 0.29) is 29.2 Å². The SMILES string of the molecule is CCOC(=O)c1cn2c(cc1=O)-c1cc(COC)c(C)cc1[C@H]1CCC(C)(C)N12. The maximum Gasteiger partial charge on any atom is 0.343 e. The molecule has 0 aliphatic carbocycles. The molecular weight excluding hydrogens is 368 g/mol. The molecule has 154 valence electrons. The van der Waals surface area contributed by atoms with E-state index >= 15 is 0 Å². The van der Waals surface area contributed by atoms with E-state index < -0.39 is 5.97 Å². The molecule has 2 aromatic rings. The van der Waals surface area contributed by atoms with Gasteiger partial charge in [0, 0.05) is 24.9 Å². The first-order chi connectivity index (χ1) is 13.8. The molecule has 0 radical (unpaired) electrons. The van der Waals surface area contributed by atoms with E-state index in [1.807, 2.05) is 4.68 Å². The van der Waals surface area contributed by atoms with Crippen molar-refractivity contribution in [2.45, 2.75) is 58.7 Å². The Kier molecular flexibility index (Phi) is 4.77. The monoisotopic (exact) mass is 396 g/mol. The molecule has 2 aliphatic heterocycles. The predicted octanol–water partition coefficient (Wildman–Crippen LogP) is 3.71. The Morgan fingerprint density at radius 1 is 1.28 bits per heavy atom. The molecule has 0 saturated carbocycles. The quantitative estimate of drug-likeness (QED) is 0.738. The number of aryl methyl sites for hydroxylation is 1. The minimum Gasteiger partial charge on any atom is -0.462 e. The lowest BCUT2D eigenvalue weighted by molar-refractivity contribution is 0.0523. The van der Waals surface area contributed by atoms with Gasteiger partial charge < -0.3 is 9.47 Å². The van der Waals surface area contributed by atoms with Crippen molar-refractivity contribution in [2.24, 2.45) is 0 Å². The van der Waals surface area contributed by atoms with Gasteiger partial charge in [0.2, 0.25) is 0 Å². The van der Waals surface area contributed by atoms with Crippen LogP contribution in [-0.4, -0.2) is 29.9 Å². The molecule has 4 rings (SSSR count). The number of aromatic nitrogens is 1. The molecule has 2 aliphatic rings. The number of rotatable bonds is 4. The standard InChI is InChI=1S/C23H28N2O4/c1-6-29-22(27)18-12-24-20(11-21(18)26)17-10-15(13-28-5)14(2)9-16(17)19-7-8-23(3,4)25(19)24/h9-12,19H,6-8,13H2,1-5H3/t19-/m1/s1. The summed E-state index contributed by atoms with van der Waals surface area (Å²) in [5, 5.41) is 2.31. The van der Waals surface area contributed by atoms with Crippen molar-refractivity contribution in [3.8, 4) is 11.3 Å². The van der Waals surface area contributed by atoms with Gasteiger partial charge in [-0.2, -0.15) is 0 Å². The molecule has 29 heavy (non-hydrogen) atoms. The highest BCUT2D eigenvalue weighted by atomic mass is 16.5. The number of carbonyl (C=O) groups excluding carboxylic acids is 1. The Bertz CT molecular complexity index is 1040. The van der Waals surface area contributed by atoms with Gasteiger partial charge in [0.25, 0.3) is 0 Å². The van der Waals surface area contributed by atoms with E-state index in [0.29, 0.717) is 6.61 Å². The minimum atomic E-state index is -0.573. The maximum absolute atomic E-state index is 12.8. The molecule has 3 heterocycles. The number of esters is 1. The van der Waals surface area contributed by atoms with Crippen LogP contribution in [-0.2, 0) is 16.1 Å². The lowest BCUT2D eigenvalue weighted by atomic mass is 9.90. The first kappa shape index (κ1) is 19.7. The highest BCUT2D eigenvalue weighted by Gasteiger charge is 2.45. The Balaban J connectivity index is 1.98. The normalized spacial score (nSPS) is 18.8. The van der Waals surface area contributed by atoms with Gasteiger partial charge in [-0.25, -0.2) is 4.79 Å². The van der Waals surface area contributed by atoms with Crippen molar-refractivity contribution in [3.05, 3.63) is 56.9 Å². The van der Waals surface area contributed by atoms with Gasteiger partial charge in [0.05, 0.1) is 30.5 Å². The summed E-state index contributed by atoms with van der Waals surface area (Å²) in [5.41, 5.74) is 5.03. The van der Waals surface area contributed by atoms with Crippen LogP contribution in [0.15, 0.2) is 29.2 Å². The molecule has 0 N–H and O–H groups in total. The predicted molar refractivity (Wildman–Crippen MR) is 112 cm³/mol. The van der Waals surface area contributed by atoms with Gasteiger partial charge in [-0.05, 0) is 63.3 Å². The van der Waals surface area contributed by atoms with Crippen molar-refractivity contribution in [1.82, 2.24) is 4.68 Å². The van der Waals surface area contributed by atoms with Crippen molar-refractivity contribution in [3.63, 3.8) is 0 Å². The van der Waals surface area contributed by atoms with Gasteiger partial charge in [0.15, 0.2) is 5.43 Å². The fraction of sp³-hybridized carbons (Fsp3) is 0.478. The summed E-state index contributed by atoms with van der Waals surface area (Å²) in [6, 6.07) is 6.13. The van der Waals surface area contributed by atoms with Gasteiger partial charge in [0.1, 0.15) is 5.56 Å². The van der Waals surface area contributed by atoms with E-state index in [1.165, 1.54) is 11.1 Å². The lowest BCUT2D eigenvalue weighted by Crippen LogP contribution is -2.50. The third kappa shape index (κ3) is 3.06. The second-order valence-electron chi connectivity index (χ2n) is 8.51. The lowest BCUT2D eigenvalue weighted by Gasteiger charge is -2.44. The summed E-state index contributed by atoms with van der Waals surface area (Å²) >= 11 is 0. The van der Waals surface area contributed by atoms with Crippen molar-refractivity contribution < 1.29 is 14.3 Å². The van der Waals surface area contributed by atoms with Crippen LogP contribution < -0.4 is 10.4 Å². The second-order valence-corrected chi connectivity index (χ2v) is 8.51. The highest BCUT2D eigenvalue weighted by Crippen LogP contribution is 2.48. The van der Waals surface area contributed by atoms with Gasteiger partial charge >= 0.3 is 5.97 Å². The van der Waals surface area contributed by atoms with Crippen LogP contribution in [0.5, 0.6) is 0 Å². The van der Waals surface area contributed by atoms with E-state index in [4.69, 9.17) is 9.47 Å². The Morgan fingerprint density at radius 2 is 2.03 bits per heavy atom. The molecule has 1 saturated heterocycles. The number of pyridine rings is 1. The average Bonchev–Trinajstić information content (AvgIpc) is 2.98. The summed E-state index contributed by atoms with van der Waals surface area (Å²) in [7, 11) is 1.68. The van der Waals surface area contributed by atoms with Crippen LogP contribution in [0, 0.1) is 6.92 Å². The number of nitrogens with zero attached hydrogens (tertiary/aromatic N) is 2. The molecule has 6 nitrogen and oxygen atoms in total. The molecular formula is C23H28N2O4. The maximum atomic E-state index is 12.8. The fourth-order valence-corrected chi connectivity index (χ4v) is 4.73. The van der Waals surface area contributed by atoms with E-state index in [9.17, 15) is 9.59 Å². The van der Waals surface area contributed by atoms with Gasteiger partial charge in [-0.1, -0.05) is 6.07 Å². The van der Waals surface area contributed by atoms with E-state index in [0.717, 1.165) is 29.7 Å². The van der Waals surface area contributed by atoms with Crippen LogP contribution in [0.4, 0.5) is 0 Å². The largest absolute Gasteiger partial charge is 0.462 e. The summed E-state index contributed by atoms with van der Waals surface area (Å²) < 4.78 is 12.5. The zero-order valence-electron chi connectivity index (χ0n) is 17.7. The Morgan fingerprint density at radius 3 is 2.72 bits per heavy atom. The van der Waals surface area contributed by atoms with Crippen LogP contribution in [0.25, 0.3) is 11.3 Å². The summed E-state index contributed by atoms with van der Waals surface area (Å²) in [6.07, 6.45) is 3.70. The molecule has 0 amide bonds. The molecule has 1 aromatic carbocycles. The van der Waals surface area contributed by atoms with Crippen LogP contribution in [0.1, 0.15) is 66.7 Å². The number of carbonyl (C=O) groups is 1. The van der Waals surface area contributed by atoms with Crippen LogP contribution in [0.2, 0.25) is 0 Å². The van der Waals surface area contributed by atoms with Gasteiger partial charge in [-0.15, -0.1) is 0 Å². The number of hydrogen-bond donors (Lipinski definition) is 0. The summed E-state index contributed by atoms with van der Waals surface area (Å²) in [4.78, 5) is 25.2. The first-order valence-corrected chi connectivity index (χ1v) is 10.1. The molecule has 1 fully saturated rings. The van der Waals surface area contributed by atoms with Gasteiger partial charge in [-0.3, -0.25) is 14.5 Å². The zero-order chi connectivity index (χ0) is 20.9. The molecule has 0 unspecified atom stereocenters. The van der Waals surface area contributed by atoms with E-state index in [1.54, 1.807) is 26.3 Å². The minimum absolute atomic E-state index is 0.0738. The fourth-order valence-electron chi connectivity index (χ4n) is 4.73. The third-order valence-electron chi connectivity index (χ3n) is 6.15. The number of benzene rings is 1. The second kappa shape index (κ2) is 7.02. The first-order valence-electron chi connectivity index (χ1n) is 10.1. The molecule has 0 spiro atoms. The molecule has 1 atom stereocenters. The number of hydrogen-bond acceptors (Lipinski definition) is 5. The number of ether oxygens (including phenoxy) is 2. The molecule has 0 bridgehead atoms.